The van der Waals surface area contributed by atoms with Crippen LogP contribution in [0.2, 0.25) is 0 Å². The molecule has 0 aliphatic heterocycles. The molecule has 0 saturated carbocycles. The van der Waals surface area contributed by atoms with Crippen molar-refractivity contribution < 1.29 is 0 Å². The lowest BCUT2D eigenvalue weighted by Gasteiger charge is -2.18. The molecule has 14 heavy (non-hydrogen) atoms. The van der Waals surface area contributed by atoms with E-state index in [9.17, 15) is 0 Å². The second-order valence-electron chi connectivity index (χ2n) is 4.86. The van der Waals surface area contributed by atoms with Gasteiger partial charge in [-0.3, -0.25) is 0 Å². The Kier molecular flexibility index (Phi) is 2.62. The fraction of sp³-hybridized carbons (Fsp3) is 0.571. The number of hydrogen-bond donors (Lipinski definition) is 0. The lowest BCUT2D eigenvalue weighted by molar-refractivity contribution is 0.455. The highest BCUT2D eigenvalue weighted by Crippen LogP contribution is 2.34. The molecule has 2 rings (SSSR count). The fourth-order valence-electron chi connectivity index (χ4n) is 2.57. The quantitative estimate of drug-likeness (QED) is 0.538. The topological polar surface area (TPSA) is 0 Å². The molecule has 0 bridgehead atoms. The lowest BCUT2D eigenvalue weighted by atomic mass is 9.86. The van der Waals surface area contributed by atoms with Gasteiger partial charge < -0.3 is 0 Å². The molecule has 76 valence electrons. The van der Waals surface area contributed by atoms with E-state index in [0.29, 0.717) is 0 Å². The maximum Gasteiger partial charge on any atom is -0.0162 e. The van der Waals surface area contributed by atoms with Crippen molar-refractivity contribution in [2.75, 3.05) is 0 Å². The highest BCUT2D eigenvalue weighted by molar-refractivity contribution is 5.35. The summed E-state index contributed by atoms with van der Waals surface area (Å²) in [6.45, 7) is 6.96. The maximum atomic E-state index is 2.39. The van der Waals surface area contributed by atoms with E-state index in [-0.39, 0.29) is 0 Å². The average Bonchev–Trinajstić information content (AvgIpc) is 2.28. The Balaban J connectivity index is 2.43. The first-order valence-electron chi connectivity index (χ1n) is 5.78. The van der Waals surface area contributed by atoms with E-state index in [1.165, 1.54) is 24.8 Å². The molecule has 1 aromatic carbocycles. The van der Waals surface area contributed by atoms with Crippen molar-refractivity contribution in [3.63, 3.8) is 0 Å². The Hall–Kier alpha value is -0.780. The number of hydrogen-bond acceptors (Lipinski definition) is 0. The Labute approximate surface area is 87.3 Å². The highest BCUT2D eigenvalue weighted by Gasteiger charge is 2.20. The number of rotatable bonds is 0. The molecule has 0 amide bonds. The molecular formula is C14H20. The van der Waals surface area contributed by atoms with Gasteiger partial charge in [-0.15, -0.1) is 0 Å². The molecular weight excluding hydrogens is 168 g/mol. The van der Waals surface area contributed by atoms with Crippen LogP contribution in [0.5, 0.6) is 0 Å². The van der Waals surface area contributed by atoms with Gasteiger partial charge in [0, 0.05) is 0 Å². The second kappa shape index (κ2) is 3.76. The van der Waals surface area contributed by atoms with Gasteiger partial charge in [0.2, 0.25) is 0 Å². The van der Waals surface area contributed by atoms with Crippen LogP contribution >= 0.6 is 0 Å². The molecule has 1 aliphatic carbocycles. The van der Waals surface area contributed by atoms with Crippen molar-refractivity contribution in [1.82, 2.24) is 0 Å². The van der Waals surface area contributed by atoms with Crippen molar-refractivity contribution in [2.45, 2.75) is 46.0 Å². The first kappa shape index (κ1) is 9.76. The average molecular weight is 188 g/mol. The van der Waals surface area contributed by atoms with Gasteiger partial charge in [-0.05, 0) is 49.1 Å². The molecule has 0 radical (unpaired) electrons. The van der Waals surface area contributed by atoms with E-state index in [1.54, 1.807) is 11.1 Å². The van der Waals surface area contributed by atoms with Gasteiger partial charge in [0.15, 0.2) is 0 Å². The zero-order valence-corrected chi connectivity index (χ0v) is 9.51. The third kappa shape index (κ3) is 1.70. The van der Waals surface area contributed by atoms with E-state index >= 15 is 0 Å². The summed E-state index contributed by atoms with van der Waals surface area (Å²) in [6, 6.07) is 6.98. The van der Waals surface area contributed by atoms with Gasteiger partial charge in [-0.2, -0.15) is 0 Å². The van der Waals surface area contributed by atoms with Crippen LogP contribution in [-0.4, -0.2) is 0 Å². The largest absolute Gasteiger partial charge is 0.0619 e. The summed E-state index contributed by atoms with van der Waals surface area (Å²) in [5.41, 5.74) is 4.60. The third-order valence-corrected chi connectivity index (χ3v) is 3.75. The minimum absolute atomic E-state index is 0.744. The van der Waals surface area contributed by atoms with E-state index < -0.39 is 0 Å². The first-order chi connectivity index (χ1) is 6.68. The lowest BCUT2D eigenvalue weighted by Crippen LogP contribution is -2.04. The molecule has 2 atom stereocenters. The van der Waals surface area contributed by atoms with Crippen LogP contribution in [0.1, 0.15) is 49.3 Å². The molecule has 1 aliphatic rings. The van der Waals surface area contributed by atoms with Crippen LogP contribution in [0.25, 0.3) is 0 Å². The van der Waals surface area contributed by atoms with Gasteiger partial charge >= 0.3 is 0 Å². The molecule has 0 fully saturated rings. The van der Waals surface area contributed by atoms with Crippen LogP contribution in [-0.2, 0) is 6.42 Å². The SMILES string of the molecule is Cc1ccc2c(c1)CCCC(C)[C@@H]2C. The number of aryl methyl sites for hydroxylation is 2. The first-order valence-corrected chi connectivity index (χ1v) is 5.78. The predicted octanol–water partition coefficient (Wildman–Crippen LogP) is 4.07. The maximum absolute atomic E-state index is 2.39. The van der Waals surface area contributed by atoms with E-state index in [2.05, 4.69) is 39.0 Å². The van der Waals surface area contributed by atoms with Crippen molar-refractivity contribution in [3.05, 3.63) is 34.9 Å². The normalized spacial score (nSPS) is 26.8. The highest BCUT2D eigenvalue weighted by atomic mass is 14.2. The van der Waals surface area contributed by atoms with Crippen LogP contribution in [0, 0.1) is 12.8 Å². The van der Waals surface area contributed by atoms with Crippen molar-refractivity contribution in [3.8, 4) is 0 Å². The van der Waals surface area contributed by atoms with E-state index in [4.69, 9.17) is 0 Å². The minimum Gasteiger partial charge on any atom is -0.0619 e. The summed E-state index contributed by atoms with van der Waals surface area (Å²) in [5, 5.41) is 0. The Morgan fingerprint density at radius 3 is 2.79 bits per heavy atom. The monoisotopic (exact) mass is 188 g/mol. The smallest absolute Gasteiger partial charge is 0.0162 e. The van der Waals surface area contributed by atoms with Crippen molar-refractivity contribution >= 4 is 0 Å². The molecule has 0 aromatic heterocycles. The molecule has 0 spiro atoms. The standard InChI is InChI=1S/C14H20/c1-10-7-8-14-12(3)11(2)5-4-6-13(14)9-10/h7-9,11-12H,4-6H2,1-3H3/t11?,12-/m0/s1. The summed E-state index contributed by atoms with van der Waals surface area (Å²) in [4.78, 5) is 0. The minimum atomic E-state index is 0.744. The molecule has 0 nitrogen and oxygen atoms in total. The zero-order valence-electron chi connectivity index (χ0n) is 9.51. The summed E-state index contributed by atoms with van der Waals surface area (Å²) in [5.74, 6) is 1.59. The van der Waals surface area contributed by atoms with E-state index in [1.807, 2.05) is 0 Å². The van der Waals surface area contributed by atoms with Crippen LogP contribution in [0.4, 0.5) is 0 Å². The predicted molar refractivity (Wildman–Crippen MR) is 61.7 cm³/mol. The second-order valence-corrected chi connectivity index (χ2v) is 4.86. The molecule has 0 heterocycles. The van der Waals surface area contributed by atoms with Crippen LogP contribution in [0.15, 0.2) is 18.2 Å². The zero-order chi connectivity index (χ0) is 10.1. The number of benzene rings is 1. The van der Waals surface area contributed by atoms with Crippen molar-refractivity contribution in [1.29, 1.82) is 0 Å². The van der Waals surface area contributed by atoms with E-state index in [0.717, 1.165) is 11.8 Å². The summed E-state index contributed by atoms with van der Waals surface area (Å²) < 4.78 is 0. The third-order valence-electron chi connectivity index (χ3n) is 3.75. The Bertz CT molecular complexity index is 325. The summed E-state index contributed by atoms with van der Waals surface area (Å²) in [7, 11) is 0. The van der Waals surface area contributed by atoms with Crippen LogP contribution < -0.4 is 0 Å². The van der Waals surface area contributed by atoms with Crippen molar-refractivity contribution in [2.24, 2.45) is 5.92 Å². The Morgan fingerprint density at radius 2 is 2.00 bits per heavy atom. The van der Waals surface area contributed by atoms with Crippen LogP contribution in [0.3, 0.4) is 0 Å². The van der Waals surface area contributed by atoms with Gasteiger partial charge in [-0.1, -0.05) is 37.6 Å². The van der Waals surface area contributed by atoms with Gasteiger partial charge in [-0.25, -0.2) is 0 Å². The molecule has 1 unspecified atom stereocenters. The van der Waals surface area contributed by atoms with Gasteiger partial charge in [0.25, 0.3) is 0 Å². The van der Waals surface area contributed by atoms with Gasteiger partial charge in [0.05, 0.1) is 0 Å². The Morgan fingerprint density at radius 1 is 1.21 bits per heavy atom. The number of fused-ring (bicyclic) bond motifs is 1. The summed E-state index contributed by atoms with van der Waals surface area (Å²) in [6.07, 6.45) is 4.03. The molecule has 0 heteroatoms. The van der Waals surface area contributed by atoms with Gasteiger partial charge in [0.1, 0.15) is 0 Å². The fourth-order valence-corrected chi connectivity index (χ4v) is 2.57. The summed E-state index contributed by atoms with van der Waals surface area (Å²) >= 11 is 0. The molecule has 0 saturated heterocycles. The molecule has 0 N–H and O–H groups in total. The molecule has 1 aromatic rings.